The van der Waals surface area contributed by atoms with Gasteiger partial charge in [0.1, 0.15) is 11.7 Å². The van der Waals surface area contributed by atoms with E-state index in [1.807, 2.05) is 7.05 Å². The molecule has 0 radical (unpaired) electrons. The van der Waals surface area contributed by atoms with Gasteiger partial charge in [0.05, 0.1) is 5.71 Å². The fourth-order valence-corrected chi connectivity index (χ4v) is 1.70. The number of rotatable bonds is 2. The van der Waals surface area contributed by atoms with Crippen molar-refractivity contribution in [2.24, 2.45) is 4.99 Å². The third-order valence-electron chi connectivity index (χ3n) is 2.70. The third-order valence-corrected chi connectivity index (χ3v) is 2.70. The van der Waals surface area contributed by atoms with E-state index in [-0.39, 0.29) is 0 Å². The summed E-state index contributed by atoms with van der Waals surface area (Å²) in [6, 6.07) is 8.97. The van der Waals surface area contributed by atoms with E-state index in [9.17, 15) is 0 Å². The molecule has 1 aromatic carbocycles. The van der Waals surface area contributed by atoms with Crippen LogP contribution >= 0.6 is 0 Å². The van der Waals surface area contributed by atoms with E-state index in [0.717, 1.165) is 5.71 Å². The molecule has 82 valence electrons. The fraction of sp³-hybridized carbons (Fsp3) is 0.214. The number of allylic oxidation sites excluding steroid dienone is 2. The summed E-state index contributed by atoms with van der Waals surface area (Å²) >= 11 is 0. The average Bonchev–Trinajstić information content (AvgIpc) is 2.33. The summed E-state index contributed by atoms with van der Waals surface area (Å²) < 4.78 is 0. The molecule has 1 aliphatic carbocycles. The molecule has 1 aliphatic rings. The van der Waals surface area contributed by atoms with Crippen molar-refractivity contribution in [3.8, 4) is 0 Å². The maximum Gasteiger partial charge on any atom is 0.130 e. The predicted molar refractivity (Wildman–Crippen MR) is 68.2 cm³/mol. The summed E-state index contributed by atoms with van der Waals surface area (Å²) in [4.78, 5) is 4.13. The molecule has 0 saturated heterocycles. The van der Waals surface area contributed by atoms with Crippen LogP contribution in [0.1, 0.15) is 5.56 Å². The molecule has 1 aromatic rings. The Bertz CT molecular complexity index is 422. The molecule has 16 heavy (non-hydrogen) atoms. The van der Waals surface area contributed by atoms with Crippen molar-refractivity contribution in [2.75, 3.05) is 7.05 Å². The summed E-state index contributed by atoms with van der Waals surface area (Å²) in [7, 11) is 1.81. The van der Waals surface area contributed by atoms with Crippen LogP contribution < -0.4 is 5.32 Å². The van der Waals surface area contributed by atoms with Crippen molar-refractivity contribution in [1.82, 2.24) is 0 Å². The summed E-state index contributed by atoms with van der Waals surface area (Å²) in [6.45, 7) is 2.11. The first-order valence-electron chi connectivity index (χ1n) is 5.52. The van der Waals surface area contributed by atoms with Crippen LogP contribution in [-0.4, -0.2) is 18.8 Å². The zero-order chi connectivity index (χ0) is 11.4. The summed E-state index contributed by atoms with van der Waals surface area (Å²) in [6.07, 6.45) is 8.47. The van der Waals surface area contributed by atoms with E-state index in [2.05, 4.69) is 65.8 Å². The maximum absolute atomic E-state index is 4.13. The van der Waals surface area contributed by atoms with E-state index < -0.39 is 0 Å². The number of hydrogen-bond acceptors (Lipinski definition) is 1. The van der Waals surface area contributed by atoms with Gasteiger partial charge in [0, 0.05) is 7.05 Å². The Kier molecular flexibility index (Phi) is 3.32. The number of aryl methyl sites for hydroxylation is 1. The van der Waals surface area contributed by atoms with Gasteiger partial charge in [-0.15, -0.1) is 0 Å². The minimum absolute atomic E-state index is 0.383. The second-order valence-corrected chi connectivity index (χ2v) is 4.02. The van der Waals surface area contributed by atoms with E-state index >= 15 is 0 Å². The molecule has 0 aromatic heterocycles. The first kappa shape index (κ1) is 10.8. The smallest absolute Gasteiger partial charge is 0.130 e. The van der Waals surface area contributed by atoms with Crippen molar-refractivity contribution >= 4 is 11.4 Å². The standard InChI is InChI=1S/C14H16N2/c1-11-3-5-13(6-4-11)16-14-9-7-12(15-2)8-10-14/h3-10,14,16H,1-2H3/p+1. The van der Waals surface area contributed by atoms with Gasteiger partial charge in [0.15, 0.2) is 0 Å². The van der Waals surface area contributed by atoms with Gasteiger partial charge in [-0.1, -0.05) is 17.7 Å². The lowest BCUT2D eigenvalue weighted by molar-refractivity contribution is -0.587. The van der Waals surface area contributed by atoms with Crippen LogP contribution in [0.5, 0.6) is 0 Å². The van der Waals surface area contributed by atoms with Gasteiger partial charge >= 0.3 is 0 Å². The van der Waals surface area contributed by atoms with Crippen LogP contribution in [0.25, 0.3) is 0 Å². The molecule has 0 fully saturated rings. The Labute approximate surface area is 96.4 Å². The van der Waals surface area contributed by atoms with Gasteiger partial charge in [-0.3, -0.25) is 4.99 Å². The number of aliphatic imine (C=N–C) groups is 1. The molecule has 0 heterocycles. The molecule has 0 spiro atoms. The maximum atomic E-state index is 4.13. The fourth-order valence-electron chi connectivity index (χ4n) is 1.70. The molecule has 2 nitrogen and oxygen atoms in total. The second-order valence-electron chi connectivity index (χ2n) is 4.02. The number of hydrogen-bond donors (Lipinski definition) is 1. The first-order chi connectivity index (χ1) is 7.78. The van der Waals surface area contributed by atoms with Gasteiger partial charge < -0.3 is 5.32 Å². The van der Waals surface area contributed by atoms with Crippen molar-refractivity contribution in [3.05, 3.63) is 54.1 Å². The lowest BCUT2D eigenvalue weighted by atomic mass is 10.1. The lowest BCUT2D eigenvalue weighted by Gasteiger charge is -2.10. The summed E-state index contributed by atoms with van der Waals surface area (Å²) in [5.74, 6) is 0. The third kappa shape index (κ3) is 2.67. The molecule has 2 rings (SSSR count). The molecule has 0 amide bonds. The summed E-state index contributed by atoms with van der Waals surface area (Å²) in [5.41, 5.74) is 3.60. The Morgan fingerprint density at radius 2 is 1.69 bits per heavy atom. The monoisotopic (exact) mass is 213 g/mol. The van der Waals surface area contributed by atoms with E-state index in [0.29, 0.717) is 6.04 Å². The Hall–Kier alpha value is -1.67. The van der Waals surface area contributed by atoms with Crippen molar-refractivity contribution < 1.29 is 5.32 Å². The van der Waals surface area contributed by atoms with E-state index in [1.165, 1.54) is 11.3 Å². The number of nitrogens with zero attached hydrogens (tertiary/aromatic N) is 1. The highest BCUT2D eigenvalue weighted by atomic mass is 14.9. The molecule has 2 N–H and O–H groups in total. The minimum Gasteiger partial charge on any atom is -0.305 e. The molecular weight excluding hydrogens is 196 g/mol. The SMILES string of the molecule is CN=C1C=CC([NH2+]c2ccc(C)cc2)C=C1. The Morgan fingerprint density at radius 3 is 2.25 bits per heavy atom. The van der Waals surface area contributed by atoms with E-state index in [4.69, 9.17) is 0 Å². The van der Waals surface area contributed by atoms with Gasteiger partial charge in [-0.05, 0) is 43.4 Å². The van der Waals surface area contributed by atoms with Gasteiger partial charge in [0.25, 0.3) is 0 Å². The predicted octanol–water partition coefficient (Wildman–Crippen LogP) is 1.76. The van der Waals surface area contributed by atoms with Crippen molar-refractivity contribution in [1.29, 1.82) is 0 Å². The quantitative estimate of drug-likeness (QED) is 0.725. The highest BCUT2D eigenvalue weighted by Crippen LogP contribution is 2.04. The largest absolute Gasteiger partial charge is 0.305 e. The lowest BCUT2D eigenvalue weighted by Crippen LogP contribution is -2.83. The molecule has 0 bridgehead atoms. The molecular formula is C14H17N2+. The highest BCUT2D eigenvalue weighted by molar-refractivity contribution is 6.04. The van der Waals surface area contributed by atoms with Crippen molar-refractivity contribution in [3.63, 3.8) is 0 Å². The molecule has 0 aliphatic heterocycles. The van der Waals surface area contributed by atoms with Gasteiger partial charge in [-0.25, -0.2) is 0 Å². The zero-order valence-corrected chi connectivity index (χ0v) is 9.72. The number of nitrogens with two attached hydrogens (primary N) is 1. The van der Waals surface area contributed by atoms with Crippen LogP contribution in [-0.2, 0) is 0 Å². The second kappa shape index (κ2) is 4.90. The average molecular weight is 213 g/mol. The van der Waals surface area contributed by atoms with Gasteiger partial charge in [0.2, 0.25) is 0 Å². The zero-order valence-electron chi connectivity index (χ0n) is 9.72. The summed E-state index contributed by atoms with van der Waals surface area (Å²) in [5, 5.41) is 2.25. The van der Waals surface area contributed by atoms with Crippen LogP contribution in [0.15, 0.2) is 53.6 Å². The Morgan fingerprint density at radius 1 is 1.06 bits per heavy atom. The van der Waals surface area contributed by atoms with Crippen LogP contribution in [0.3, 0.4) is 0 Å². The molecule has 0 saturated carbocycles. The van der Waals surface area contributed by atoms with Crippen LogP contribution in [0, 0.1) is 6.92 Å². The number of quaternary nitrogens is 1. The van der Waals surface area contributed by atoms with E-state index in [1.54, 1.807) is 0 Å². The van der Waals surface area contributed by atoms with Crippen LogP contribution in [0.2, 0.25) is 0 Å². The normalized spacial score (nSPS) is 18.9. The Balaban J connectivity index is 2.02. The topological polar surface area (TPSA) is 29.0 Å². The number of benzene rings is 1. The minimum atomic E-state index is 0.383. The molecule has 2 heteroatoms. The van der Waals surface area contributed by atoms with Crippen molar-refractivity contribution in [2.45, 2.75) is 13.0 Å². The van der Waals surface area contributed by atoms with Gasteiger partial charge in [-0.2, -0.15) is 0 Å². The molecule has 0 unspecified atom stereocenters. The van der Waals surface area contributed by atoms with Crippen LogP contribution in [0.4, 0.5) is 5.69 Å². The highest BCUT2D eigenvalue weighted by Gasteiger charge is 2.08. The molecule has 0 atom stereocenters. The first-order valence-corrected chi connectivity index (χ1v) is 5.52.